The third kappa shape index (κ3) is 6.47. The number of nitrogens with one attached hydrogen (secondary N) is 1. The number of sulfone groups is 1. The van der Waals surface area contributed by atoms with E-state index >= 15 is 0 Å². The van der Waals surface area contributed by atoms with Crippen LogP contribution in [0.1, 0.15) is 19.4 Å². The Balaban J connectivity index is 1.62. The van der Waals surface area contributed by atoms with Gasteiger partial charge < -0.3 is 5.32 Å². The summed E-state index contributed by atoms with van der Waals surface area (Å²) in [6, 6.07) is 11.9. The van der Waals surface area contributed by atoms with Crippen LogP contribution in [0, 0.1) is 6.92 Å². The molecular formula is C21H24N2O3S4. The number of amides is 1. The van der Waals surface area contributed by atoms with Crippen LogP contribution in [0.25, 0.3) is 10.2 Å². The Labute approximate surface area is 190 Å². The number of nitrogens with zero attached hydrogens (tertiary/aromatic N) is 1. The highest BCUT2D eigenvalue weighted by molar-refractivity contribution is 8.04. The van der Waals surface area contributed by atoms with Gasteiger partial charge in [0.25, 0.3) is 0 Å². The number of rotatable bonds is 9. The van der Waals surface area contributed by atoms with E-state index in [9.17, 15) is 13.2 Å². The number of hydrogen-bond donors (Lipinski definition) is 1. The molecule has 0 saturated heterocycles. The number of fused-ring (bicyclic) bond motifs is 1. The zero-order valence-corrected chi connectivity index (χ0v) is 20.3. The van der Waals surface area contributed by atoms with Gasteiger partial charge in [0.2, 0.25) is 5.91 Å². The quantitative estimate of drug-likeness (QED) is 0.333. The van der Waals surface area contributed by atoms with Crippen molar-refractivity contribution in [1.29, 1.82) is 0 Å². The van der Waals surface area contributed by atoms with E-state index in [4.69, 9.17) is 0 Å². The van der Waals surface area contributed by atoms with Gasteiger partial charge in [0.15, 0.2) is 14.2 Å². The molecule has 160 valence electrons. The lowest BCUT2D eigenvalue weighted by Crippen LogP contribution is -2.23. The zero-order valence-electron chi connectivity index (χ0n) is 17.0. The van der Waals surface area contributed by atoms with Gasteiger partial charge in [-0.1, -0.05) is 43.3 Å². The monoisotopic (exact) mass is 480 g/mol. The molecule has 1 aromatic heterocycles. The van der Waals surface area contributed by atoms with E-state index in [-0.39, 0.29) is 4.90 Å². The number of carbonyl (C=O) groups is 1. The number of anilines is 1. The minimum atomic E-state index is -3.68. The number of benzene rings is 2. The average Bonchev–Trinajstić information content (AvgIpc) is 3.07. The lowest BCUT2D eigenvalue weighted by atomic mass is 10.2. The highest BCUT2D eigenvalue weighted by atomic mass is 32.2. The number of aryl methyl sites for hydroxylation is 1. The van der Waals surface area contributed by atoms with Crippen LogP contribution in [0.3, 0.4) is 0 Å². The van der Waals surface area contributed by atoms with Gasteiger partial charge in [0, 0.05) is 17.2 Å². The Morgan fingerprint density at radius 3 is 2.57 bits per heavy atom. The number of thiazole rings is 1. The summed E-state index contributed by atoms with van der Waals surface area (Å²) >= 11 is 5.25. The predicted octanol–water partition coefficient (Wildman–Crippen LogP) is 5.25. The standard InChI is InChI=1S/C21H24N2O3S4/c1-14(2)27-10-11-28-21-23-18-9-6-16(12-19(18)29-21)22-20(24)13-30(25,26)17-7-4-15(3)5-8-17/h4-9,12,14H,10-11,13H2,1-3H3,(H,22,24). The summed E-state index contributed by atoms with van der Waals surface area (Å²) < 4.78 is 26.9. The maximum Gasteiger partial charge on any atom is 0.239 e. The number of aromatic nitrogens is 1. The van der Waals surface area contributed by atoms with Gasteiger partial charge in [-0.25, -0.2) is 13.4 Å². The normalized spacial score (nSPS) is 11.9. The molecule has 5 nitrogen and oxygen atoms in total. The minimum Gasteiger partial charge on any atom is -0.325 e. The van der Waals surface area contributed by atoms with Gasteiger partial charge in [-0.05, 0) is 42.5 Å². The fourth-order valence-corrected chi connectivity index (χ4v) is 6.81. The van der Waals surface area contributed by atoms with E-state index in [0.29, 0.717) is 10.9 Å². The number of thioether (sulfide) groups is 2. The van der Waals surface area contributed by atoms with Crippen molar-refractivity contribution in [3.63, 3.8) is 0 Å². The van der Waals surface area contributed by atoms with Crippen LogP contribution >= 0.6 is 34.9 Å². The fourth-order valence-electron chi connectivity index (χ4n) is 2.65. The second-order valence-electron chi connectivity index (χ2n) is 7.05. The van der Waals surface area contributed by atoms with Gasteiger partial charge in [-0.2, -0.15) is 11.8 Å². The maximum absolute atomic E-state index is 12.5. The minimum absolute atomic E-state index is 0.151. The summed E-state index contributed by atoms with van der Waals surface area (Å²) in [6.07, 6.45) is 0. The zero-order chi connectivity index (χ0) is 21.7. The Bertz CT molecular complexity index is 1120. The Hall–Kier alpha value is -1.55. The van der Waals surface area contributed by atoms with Crippen molar-refractivity contribution >= 4 is 66.5 Å². The van der Waals surface area contributed by atoms with Crippen LogP contribution in [0.5, 0.6) is 0 Å². The van der Waals surface area contributed by atoms with Gasteiger partial charge in [-0.15, -0.1) is 11.3 Å². The van der Waals surface area contributed by atoms with Crippen LogP contribution in [0.2, 0.25) is 0 Å². The topological polar surface area (TPSA) is 76.1 Å². The number of carbonyl (C=O) groups excluding carboxylic acids is 1. The molecule has 0 fully saturated rings. The summed E-state index contributed by atoms with van der Waals surface area (Å²) in [5, 5.41) is 3.32. The summed E-state index contributed by atoms with van der Waals surface area (Å²) in [6.45, 7) is 6.26. The van der Waals surface area contributed by atoms with Crippen LogP contribution in [0.15, 0.2) is 51.7 Å². The molecular weight excluding hydrogens is 457 g/mol. The van der Waals surface area contributed by atoms with Gasteiger partial charge in [0.1, 0.15) is 5.75 Å². The van der Waals surface area contributed by atoms with Gasteiger partial charge in [0.05, 0.1) is 15.1 Å². The molecule has 0 atom stereocenters. The first-order valence-electron chi connectivity index (χ1n) is 9.47. The first-order chi connectivity index (χ1) is 14.2. The van der Waals surface area contributed by atoms with Crippen molar-refractivity contribution in [2.75, 3.05) is 22.6 Å². The van der Waals surface area contributed by atoms with Crippen molar-refractivity contribution in [2.45, 2.75) is 35.3 Å². The summed E-state index contributed by atoms with van der Waals surface area (Å²) in [7, 11) is -3.68. The van der Waals surface area contributed by atoms with Gasteiger partial charge in [-0.3, -0.25) is 4.79 Å². The molecule has 0 bridgehead atoms. The molecule has 1 amide bonds. The molecule has 0 unspecified atom stereocenters. The molecule has 1 N–H and O–H groups in total. The molecule has 3 rings (SSSR count). The Kier molecular flexibility index (Phi) is 7.84. The molecule has 0 aliphatic carbocycles. The Morgan fingerprint density at radius 1 is 1.13 bits per heavy atom. The largest absolute Gasteiger partial charge is 0.325 e. The smallest absolute Gasteiger partial charge is 0.239 e. The van der Waals surface area contributed by atoms with Crippen LogP contribution in [-0.4, -0.2) is 41.8 Å². The van der Waals surface area contributed by atoms with Crippen LogP contribution in [-0.2, 0) is 14.6 Å². The predicted molar refractivity (Wildman–Crippen MR) is 130 cm³/mol. The molecule has 0 aliphatic rings. The van der Waals surface area contributed by atoms with Crippen molar-refractivity contribution in [3.05, 3.63) is 48.0 Å². The third-order valence-corrected chi connectivity index (χ3v) is 9.27. The lowest BCUT2D eigenvalue weighted by Gasteiger charge is -2.07. The van der Waals surface area contributed by atoms with Crippen molar-refractivity contribution in [1.82, 2.24) is 4.98 Å². The van der Waals surface area contributed by atoms with E-state index < -0.39 is 21.5 Å². The van der Waals surface area contributed by atoms with E-state index in [0.717, 1.165) is 31.6 Å². The van der Waals surface area contributed by atoms with E-state index in [1.807, 2.05) is 30.8 Å². The maximum atomic E-state index is 12.5. The Morgan fingerprint density at radius 2 is 1.87 bits per heavy atom. The summed E-state index contributed by atoms with van der Waals surface area (Å²) in [5.41, 5.74) is 2.42. The fraction of sp³-hybridized carbons (Fsp3) is 0.333. The molecule has 0 aliphatic heterocycles. The second-order valence-corrected chi connectivity index (χ2v) is 13.1. The van der Waals surface area contributed by atoms with E-state index in [2.05, 4.69) is 24.1 Å². The summed E-state index contributed by atoms with van der Waals surface area (Å²) in [4.78, 5) is 17.1. The second kappa shape index (κ2) is 10.2. The molecule has 9 heteroatoms. The first-order valence-corrected chi connectivity index (χ1v) is 14.0. The van der Waals surface area contributed by atoms with Crippen LogP contribution < -0.4 is 5.32 Å². The van der Waals surface area contributed by atoms with Crippen molar-refractivity contribution < 1.29 is 13.2 Å². The molecule has 2 aromatic carbocycles. The SMILES string of the molecule is Cc1ccc(S(=O)(=O)CC(=O)Nc2ccc3nc(SCCSC(C)C)sc3c2)cc1. The average molecular weight is 481 g/mol. The first kappa shape index (κ1) is 23.1. The highest BCUT2D eigenvalue weighted by Gasteiger charge is 2.19. The lowest BCUT2D eigenvalue weighted by molar-refractivity contribution is -0.113. The van der Waals surface area contributed by atoms with Crippen molar-refractivity contribution in [3.8, 4) is 0 Å². The highest BCUT2D eigenvalue weighted by Crippen LogP contribution is 2.32. The molecule has 0 radical (unpaired) electrons. The number of hydrogen-bond acceptors (Lipinski definition) is 7. The van der Waals surface area contributed by atoms with E-state index in [1.54, 1.807) is 41.3 Å². The van der Waals surface area contributed by atoms with Crippen LogP contribution in [0.4, 0.5) is 5.69 Å². The summed E-state index contributed by atoms with van der Waals surface area (Å²) in [5.74, 6) is 0.934. The van der Waals surface area contributed by atoms with E-state index in [1.165, 1.54) is 12.1 Å². The molecule has 1 heterocycles. The molecule has 0 spiro atoms. The molecule has 30 heavy (non-hydrogen) atoms. The molecule has 3 aromatic rings. The van der Waals surface area contributed by atoms with Crippen molar-refractivity contribution in [2.24, 2.45) is 0 Å². The van der Waals surface area contributed by atoms with Gasteiger partial charge >= 0.3 is 0 Å². The molecule has 0 saturated carbocycles. The third-order valence-electron chi connectivity index (χ3n) is 4.11.